The topological polar surface area (TPSA) is 76.5 Å². The molecule has 0 radical (unpaired) electrons. The highest BCUT2D eigenvalue weighted by atomic mass is 79.9. The quantitative estimate of drug-likeness (QED) is 0.610. The Balaban J connectivity index is 1.58. The highest BCUT2D eigenvalue weighted by Gasteiger charge is 2.32. The van der Waals surface area contributed by atoms with Gasteiger partial charge in [-0.25, -0.2) is 13.9 Å². The lowest BCUT2D eigenvalue weighted by Crippen LogP contribution is -2.33. The fourth-order valence-electron chi connectivity index (χ4n) is 3.27. The van der Waals surface area contributed by atoms with Crippen LogP contribution in [0.2, 0.25) is 0 Å². The van der Waals surface area contributed by atoms with Crippen LogP contribution in [-0.2, 0) is 9.53 Å². The molecule has 1 saturated heterocycles. The Morgan fingerprint density at radius 2 is 2.03 bits per heavy atom. The van der Waals surface area contributed by atoms with Gasteiger partial charge in [-0.2, -0.15) is 5.10 Å². The van der Waals surface area contributed by atoms with Gasteiger partial charge < -0.3 is 10.1 Å². The second kappa shape index (κ2) is 8.27. The Morgan fingerprint density at radius 3 is 2.73 bits per heavy atom. The SMILES string of the molecule is CC(=O)NC[C@H]1CN(c2ccc(-n3nccc3-c3ccc(Br)cc3)c(F)c2)C(=O)O1. The molecule has 0 spiro atoms. The molecule has 1 fully saturated rings. The van der Waals surface area contributed by atoms with Gasteiger partial charge in [0.1, 0.15) is 11.8 Å². The van der Waals surface area contributed by atoms with Gasteiger partial charge >= 0.3 is 6.09 Å². The van der Waals surface area contributed by atoms with Crippen LogP contribution >= 0.6 is 15.9 Å². The van der Waals surface area contributed by atoms with Crippen molar-refractivity contribution >= 4 is 33.6 Å². The van der Waals surface area contributed by atoms with Crippen molar-refractivity contribution in [3.63, 3.8) is 0 Å². The number of aromatic nitrogens is 2. The molecule has 1 aromatic heterocycles. The first-order valence-electron chi connectivity index (χ1n) is 9.25. The van der Waals surface area contributed by atoms with Gasteiger partial charge in [-0.05, 0) is 36.4 Å². The number of hydrogen-bond acceptors (Lipinski definition) is 4. The summed E-state index contributed by atoms with van der Waals surface area (Å²) in [6.07, 6.45) is 0.543. The fourth-order valence-corrected chi connectivity index (χ4v) is 3.53. The van der Waals surface area contributed by atoms with Crippen LogP contribution in [0.4, 0.5) is 14.9 Å². The lowest BCUT2D eigenvalue weighted by atomic mass is 10.1. The number of ether oxygens (including phenoxy) is 1. The van der Waals surface area contributed by atoms with E-state index in [0.29, 0.717) is 5.69 Å². The van der Waals surface area contributed by atoms with Crippen LogP contribution in [0.1, 0.15) is 6.92 Å². The van der Waals surface area contributed by atoms with E-state index in [-0.39, 0.29) is 24.7 Å². The first-order valence-corrected chi connectivity index (χ1v) is 10.0. The number of carbonyl (C=O) groups is 2. The van der Waals surface area contributed by atoms with Gasteiger partial charge in [0.25, 0.3) is 0 Å². The van der Waals surface area contributed by atoms with Crippen molar-refractivity contribution in [3.05, 3.63) is 65.0 Å². The molecule has 0 unspecified atom stereocenters. The molecule has 2 amide bonds. The Labute approximate surface area is 180 Å². The molecule has 9 heteroatoms. The van der Waals surface area contributed by atoms with E-state index in [1.54, 1.807) is 24.4 Å². The van der Waals surface area contributed by atoms with Crippen molar-refractivity contribution in [3.8, 4) is 16.9 Å². The summed E-state index contributed by atoms with van der Waals surface area (Å²) in [6.45, 7) is 1.83. The van der Waals surface area contributed by atoms with Crippen LogP contribution in [0.25, 0.3) is 16.9 Å². The molecule has 4 rings (SSSR count). The first-order chi connectivity index (χ1) is 14.4. The Kier molecular flexibility index (Phi) is 5.54. The number of amides is 2. The molecule has 2 aromatic carbocycles. The number of hydrogen-bond donors (Lipinski definition) is 1. The predicted octanol–water partition coefficient (Wildman–Crippen LogP) is 3.90. The summed E-state index contributed by atoms with van der Waals surface area (Å²) in [5, 5.41) is 6.87. The Hall–Kier alpha value is -3.20. The molecule has 1 aliphatic rings. The normalized spacial score (nSPS) is 15.9. The molecular formula is C21H18BrFN4O3. The highest BCUT2D eigenvalue weighted by Crippen LogP contribution is 2.29. The molecule has 1 N–H and O–H groups in total. The number of nitrogens with one attached hydrogen (secondary N) is 1. The summed E-state index contributed by atoms with van der Waals surface area (Å²) >= 11 is 3.40. The Morgan fingerprint density at radius 1 is 1.27 bits per heavy atom. The third-order valence-electron chi connectivity index (χ3n) is 4.71. The largest absolute Gasteiger partial charge is 0.442 e. The molecule has 30 heavy (non-hydrogen) atoms. The van der Waals surface area contributed by atoms with Gasteiger partial charge in [-0.15, -0.1) is 0 Å². The minimum absolute atomic E-state index is 0.208. The number of rotatable bonds is 5. The van der Waals surface area contributed by atoms with E-state index < -0.39 is 18.0 Å². The summed E-state index contributed by atoms with van der Waals surface area (Å²) in [5.74, 6) is -0.728. The van der Waals surface area contributed by atoms with E-state index in [0.717, 1.165) is 15.7 Å². The van der Waals surface area contributed by atoms with Gasteiger partial charge in [0.2, 0.25) is 5.91 Å². The number of anilines is 1. The number of benzene rings is 2. The standard InChI is InChI=1S/C21H18BrFN4O3/c1-13(28)24-11-17-12-26(21(29)30-17)16-6-7-20(18(23)10-16)27-19(8-9-25-27)14-2-4-15(22)5-3-14/h2-10,17H,11-12H2,1H3,(H,24,28)/t17-/m0/s1. The van der Waals surface area contributed by atoms with E-state index in [1.165, 1.54) is 22.6 Å². The zero-order valence-corrected chi connectivity index (χ0v) is 17.6. The van der Waals surface area contributed by atoms with Crippen LogP contribution in [0.3, 0.4) is 0 Å². The second-order valence-electron chi connectivity index (χ2n) is 6.82. The molecule has 1 aliphatic heterocycles. The van der Waals surface area contributed by atoms with E-state index in [2.05, 4.69) is 26.3 Å². The highest BCUT2D eigenvalue weighted by molar-refractivity contribution is 9.10. The van der Waals surface area contributed by atoms with E-state index in [9.17, 15) is 9.59 Å². The molecule has 7 nitrogen and oxygen atoms in total. The molecule has 0 aliphatic carbocycles. The minimum Gasteiger partial charge on any atom is -0.442 e. The van der Waals surface area contributed by atoms with E-state index in [4.69, 9.17) is 4.74 Å². The van der Waals surface area contributed by atoms with Crippen molar-refractivity contribution in [1.29, 1.82) is 0 Å². The third kappa shape index (κ3) is 4.06. The molecule has 0 saturated carbocycles. The summed E-state index contributed by atoms with van der Waals surface area (Å²) in [4.78, 5) is 24.6. The van der Waals surface area contributed by atoms with Crippen molar-refractivity contribution in [2.45, 2.75) is 13.0 Å². The van der Waals surface area contributed by atoms with E-state index >= 15 is 4.39 Å². The summed E-state index contributed by atoms with van der Waals surface area (Å²) in [6, 6.07) is 14.0. The average molecular weight is 473 g/mol. The zero-order chi connectivity index (χ0) is 21.3. The number of cyclic esters (lactones) is 1. The van der Waals surface area contributed by atoms with Gasteiger partial charge in [0.05, 0.1) is 30.7 Å². The summed E-state index contributed by atoms with van der Waals surface area (Å²) < 4.78 is 22.7. The molecule has 3 aromatic rings. The maximum absolute atomic E-state index is 15.0. The van der Waals surface area contributed by atoms with Gasteiger partial charge in [-0.3, -0.25) is 9.69 Å². The summed E-state index contributed by atoms with van der Waals surface area (Å²) in [7, 11) is 0. The second-order valence-corrected chi connectivity index (χ2v) is 7.74. The number of carbonyl (C=O) groups excluding carboxylic acids is 2. The van der Waals surface area contributed by atoms with Gasteiger partial charge in [-0.1, -0.05) is 28.1 Å². The number of nitrogens with zero attached hydrogens (tertiary/aromatic N) is 3. The molecular weight excluding hydrogens is 455 g/mol. The van der Waals surface area contributed by atoms with Crippen LogP contribution in [0, 0.1) is 5.82 Å². The minimum atomic E-state index is -0.577. The number of halogens is 2. The maximum Gasteiger partial charge on any atom is 0.414 e. The van der Waals surface area contributed by atoms with Crippen molar-refractivity contribution in [1.82, 2.24) is 15.1 Å². The van der Waals surface area contributed by atoms with Gasteiger partial charge in [0.15, 0.2) is 5.82 Å². The molecule has 0 bridgehead atoms. The zero-order valence-electron chi connectivity index (χ0n) is 16.0. The lowest BCUT2D eigenvalue weighted by molar-refractivity contribution is -0.119. The van der Waals surface area contributed by atoms with Crippen molar-refractivity contribution in [2.24, 2.45) is 0 Å². The summed E-state index contributed by atoms with van der Waals surface area (Å²) in [5.41, 5.74) is 2.28. The van der Waals surface area contributed by atoms with Crippen LogP contribution < -0.4 is 10.2 Å². The predicted molar refractivity (Wildman–Crippen MR) is 113 cm³/mol. The maximum atomic E-state index is 15.0. The first kappa shape index (κ1) is 20.1. The average Bonchev–Trinajstić information content (AvgIpc) is 3.33. The third-order valence-corrected chi connectivity index (χ3v) is 5.24. The lowest BCUT2D eigenvalue weighted by Gasteiger charge is -2.15. The fraction of sp³-hybridized carbons (Fsp3) is 0.190. The van der Waals surface area contributed by atoms with Crippen LogP contribution in [0.15, 0.2) is 59.2 Å². The van der Waals surface area contributed by atoms with Crippen LogP contribution in [0.5, 0.6) is 0 Å². The van der Waals surface area contributed by atoms with E-state index in [1.807, 2.05) is 24.3 Å². The van der Waals surface area contributed by atoms with Gasteiger partial charge in [0, 0.05) is 17.0 Å². The molecule has 1 atom stereocenters. The van der Waals surface area contributed by atoms with Crippen LogP contribution in [-0.4, -0.2) is 41.0 Å². The van der Waals surface area contributed by atoms with Crippen molar-refractivity contribution in [2.75, 3.05) is 18.0 Å². The molecule has 154 valence electrons. The monoisotopic (exact) mass is 472 g/mol. The van der Waals surface area contributed by atoms with Crippen molar-refractivity contribution < 1.29 is 18.7 Å². The Bertz CT molecular complexity index is 1100. The smallest absolute Gasteiger partial charge is 0.414 e. The molecule has 2 heterocycles.